The van der Waals surface area contributed by atoms with Crippen molar-refractivity contribution in [2.75, 3.05) is 9.80 Å². The molecule has 13 rings (SSSR count). The van der Waals surface area contributed by atoms with Gasteiger partial charge in [0, 0.05) is 45.8 Å². The van der Waals surface area contributed by atoms with Crippen molar-refractivity contribution in [3.8, 4) is 22.3 Å². The minimum absolute atomic E-state index is 0.0605. The standard InChI is InChI=1S/C60H52N2/c1-60(2)53-23-13-11-19-45(53)46-33-30-44(37-54(46)60)62-55-24-14-12-20-47(55)52-36-43(31-34-56(52)62)61(41-17-7-4-8-18-41)42-28-25-39(26-29-42)58-49-22-10-9-21-48(49)57(38-15-5-3-6-16-38)50-32-27-40-35-51(40)59(50)58/h3-11,15-19,21-22,25-34,36-37,40,47,51,55H,12-14,20,23-24,35H2,1-2H3. The average Bonchev–Trinajstić information content (AvgIpc) is 4.01. The van der Waals surface area contributed by atoms with E-state index in [2.05, 4.69) is 194 Å². The maximum Gasteiger partial charge on any atom is 0.0465 e. The first-order valence-corrected chi connectivity index (χ1v) is 23.3. The second-order valence-corrected chi connectivity index (χ2v) is 19.3. The minimum Gasteiger partial charge on any atom is -0.338 e. The van der Waals surface area contributed by atoms with Crippen LogP contribution in [-0.2, 0) is 5.41 Å². The third-order valence-electron chi connectivity index (χ3n) is 15.7. The fourth-order valence-corrected chi connectivity index (χ4v) is 12.7. The van der Waals surface area contributed by atoms with Gasteiger partial charge < -0.3 is 9.80 Å². The molecule has 7 aromatic carbocycles. The largest absolute Gasteiger partial charge is 0.338 e. The third kappa shape index (κ3) is 5.41. The SMILES string of the molecule is CC1(C)C2=C(C=CCC2)c2ccc(N3c4ccc(N(c5ccccc5)c5ccc(-c6c7c(c(-c8ccccc8)c8ccccc68)C=CC6CC76)cc5)cc4C4CCCCC43)cc21. The molecule has 0 spiro atoms. The zero-order chi connectivity index (χ0) is 41.1. The van der Waals surface area contributed by atoms with E-state index in [1.807, 2.05) is 0 Å². The first-order chi connectivity index (χ1) is 30.5. The van der Waals surface area contributed by atoms with Crippen LogP contribution in [0.15, 0.2) is 169 Å². The molecule has 5 aliphatic carbocycles. The molecule has 1 heterocycles. The highest BCUT2D eigenvalue weighted by Crippen LogP contribution is 2.60. The van der Waals surface area contributed by atoms with Crippen molar-refractivity contribution in [1.29, 1.82) is 0 Å². The summed E-state index contributed by atoms with van der Waals surface area (Å²) in [7, 11) is 0. The molecule has 2 fully saturated rings. The summed E-state index contributed by atoms with van der Waals surface area (Å²) in [5.74, 6) is 1.75. The number of anilines is 5. The molecule has 2 heteroatoms. The monoisotopic (exact) mass is 800 g/mol. The Balaban J connectivity index is 0.913. The Morgan fingerprint density at radius 2 is 1.34 bits per heavy atom. The molecule has 7 aromatic rings. The van der Waals surface area contributed by atoms with Crippen LogP contribution < -0.4 is 9.80 Å². The van der Waals surface area contributed by atoms with Crippen molar-refractivity contribution < 1.29 is 0 Å². The smallest absolute Gasteiger partial charge is 0.0465 e. The Kier molecular flexibility index (Phi) is 8.09. The molecule has 0 saturated heterocycles. The number of para-hydroxylation sites is 1. The van der Waals surface area contributed by atoms with Crippen molar-refractivity contribution in [3.05, 3.63) is 197 Å². The van der Waals surface area contributed by atoms with E-state index < -0.39 is 0 Å². The summed E-state index contributed by atoms with van der Waals surface area (Å²) in [6.45, 7) is 4.90. The molecular formula is C60H52N2. The van der Waals surface area contributed by atoms with E-state index in [4.69, 9.17) is 0 Å². The van der Waals surface area contributed by atoms with Gasteiger partial charge in [-0.1, -0.05) is 148 Å². The van der Waals surface area contributed by atoms with Crippen molar-refractivity contribution in [2.45, 2.75) is 82.1 Å². The number of hydrogen-bond donors (Lipinski definition) is 0. The quantitative estimate of drug-likeness (QED) is 0.165. The number of nitrogens with zero attached hydrogens (tertiary/aromatic N) is 2. The molecule has 62 heavy (non-hydrogen) atoms. The predicted octanol–water partition coefficient (Wildman–Crippen LogP) is 16.3. The molecule has 1 aliphatic heterocycles. The van der Waals surface area contributed by atoms with Crippen molar-refractivity contribution in [3.63, 3.8) is 0 Å². The van der Waals surface area contributed by atoms with Crippen molar-refractivity contribution >= 4 is 50.9 Å². The zero-order valence-electron chi connectivity index (χ0n) is 35.8. The molecule has 6 aliphatic rings. The topological polar surface area (TPSA) is 6.48 Å². The molecule has 302 valence electrons. The molecular weight excluding hydrogens is 749 g/mol. The van der Waals surface area contributed by atoms with E-state index in [1.54, 1.807) is 5.57 Å². The van der Waals surface area contributed by atoms with E-state index in [-0.39, 0.29) is 5.41 Å². The lowest BCUT2D eigenvalue weighted by Crippen LogP contribution is -2.32. The maximum absolute atomic E-state index is 2.74. The number of rotatable bonds is 6. The van der Waals surface area contributed by atoms with Crippen LogP contribution in [0.25, 0.3) is 44.7 Å². The first kappa shape index (κ1) is 36.3. The zero-order valence-corrected chi connectivity index (χ0v) is 35.8. The van der Waals surface area contributed by atoms with Gasteiger partial charge in [0.2, 0.25) is 0 Å². The van der Waals surface area contributed by atoms with E-state index in [0.717, 1.165) is 6.42 Å². The molecule has 0 bridgehead atoms. The normalized spacial score (nSPS) is 22.1. The second-order valence-electron chi connectivity index (χ2n) is 19.3. The van der Waals surface area contributed by atoms with Gasteiger partial charge in [0.1, 0.15) is 0 Å². The van der Waals surface area contributed by atoms with Gasteiger partial charge in [0.25, 0.3) is 0 Å². The Morgan fingerprint density at radius 3 is 2.16 bits per heavy atom. The van der Waals surface area contributed by atoms with E-state index >= 15 is 0 Å². The van der Waals surface area contributed by atoms with Gasteiger partial charge in [-0.2, -0.15) is 0 Å². The number of benzene rings is 7. The second kappa shape index (κ2) is 13.8. The van der Waals surface area contributed by atoms with Crippen LogP contribution in [0.4, 0.5) is 28.4 Å². The van der Waals surface area contributed by atoms with Gasteiger partial charge in [0.05, 0.1) is 0 Å². The Hall–Kier alpha value is -6.38. The number of fused-ring (bicyclic) bond motifs is 9. The maximum atomic E-state index is 2.74. The van der Waals surface area contributed by atoms with E-state index in [1.165, 1.54) is 133 Å². The summed E-state index contributed by atoms with van der Waals surface area (Å²) in [5, 5.41) is 2.68. The average molecular weight is 801 g/mol. The Morgan fingerprint density at radius 1 is 0.629 bits per heavy atom. The summed E-state index contributed by atoms with van der Waals surface area (Å²) in [6.07, 6.45) is 18.3. The van der Waals surface area contributed by atoms with Crippen LogP contribution in [0.3, 0.4) is 0 Å². The summed E-state index contributed by atoms with van der Waals surface area (Å²) >= 11 is 0. The van der Waals surface area contributed by atoms with Gasteiger partial charge in [-0.15, -0.1) is 0 Å². The fourth-order valence-electron chi connectivity index (χ4n) is 12.7. The lowest BCUT2D eigenvalue weighted by Gasteiger charge is -2.34. The highest BCUT2D eigenvalue weighted by atomic mass is 15.2. The van der Waals surface area contributed by atoms with Crippen LogP contribution in [0.5, 0.6) is 0 Å². The third-order valence-corrected chi connectivity index (χ3v) is 15.7. The molecule has 0 radical (unpaired) electrons. The van der Waals surface area contributed by atoms with Gasteiger partial charge >= 0.3 is 0 Å². The van der Waals surface area contributed by atoms with Crippen molar-refractivity contribution in [1.82, 2.24) is 0 Å². The number of allylic oxidation sites excluding steroid dienone is 5. The predicted molar refractivity (Wildman–Crippen MR) is 261 cm³/mol. The highest BCUT2D eigenvalue weighted by Gasteiger charge is 2.44. The van der Waals surface area contributed by atoms with Crippen LogP contribution >= 0.6 is 0 Å². The summed E-state index contributed by atoms with van der Waals surface area (Å²) in [5.41, 5.74) is 22.3. The molecule has 2 nitrogen and oxygen atoms in total. The first-order valence-electron chi connectivity index (χ1n) is 23.3. The molecule has 0 aromatic heterocycles. The van der Waals surface area contributed by atoms with Crippen LogP contribution in [-0.4, -0.2) is 6.04 Å². The Bertz CT molecular complexity index is 3040. The van der Waals surface area contributed by atoms with Crippen LogP contribution in [0.1, 0.15) is 98.4 Å². The van der Waals surface area contributed by atoms with Crippen LogP contribution in [0.2, 0.25) is 0 Å². The minimum atomic E-state index is 0.0605. The summed E-state index contributed by atoms with van der Waals surface area (Å²) in [6, 6.07) is 56.0. The molecule has 2 saturated carbocycles. The Labute approximate surface area is 366 Å². The summed E-state index contributed by atoms with van der Waals surface area (Å²) in [4.78, 5) is 5.22. The summed E-state index contributed by atoms with van der Waals surface area (Å²) < 4.78 is 0. The number of hydrogen-bond acceptors (Lipinski definition) is 2. The van der Waals surface area contributed by atoms with Gasteiger partial charge in [-0.05, 0) is 165 Å². The van der Waals surface area contributed by atoms with Gasteiger partial charge in [-0.25, -0.2) is 0 Å². The molecule has 0 N–H and O–H groups in total. The van der Waals surface area contributed by atoms with E-state index in [0.29, 0.717) is 23.8 Å². The highest BCUT2D eigenvalue weighted by molar-refractivity contribution is 6.10. The lowest BCUT2D eigenvalue weighted by atomic mass is 9.78. The fraction of sp³-hybridized carbons (Fsp3) is 0.233. The molecule has 0 amide bonds. The molecule has 4 atom stereocenters. The van der Waals surface area contributed by atoms with Gasteiger partial charge in [-0.3, -0.25) is 0 Å². The van der Waals surface area contributed by atoms with Crippen LogP contribution in [0, 0.1) is 5.92 Å². The molecule has 4 unspecified atom stereocenters. The lowest BCUT2D eigenvalue weighted by molar-refractivity contribution is 0.402. The van der Waals surface area contributed by atoms with Crippen molar-refractivity contribution in [2.24, 2.45) is 5.92 Å². The van der Waals surface area contributed by atoms with Gasteiger partial charge in [0.15, 0.2) is 0 Å². The van der Waals surface area contributed by atoms with E-state index in [9.17, 15) is 0 Å².